The number of hydrogen-bond donors (Lipinski definition) is 1. The molecular weight excluding hydrogens is 371 g/mol. The van der Waals surface area contributed by atoms with Crippen molar-refractivity contribution in [1.82, 2.24) is 15.1 Å². The van der Waals surface area contributed by atoms with E-state index in [0.717, 1.165) is 11.3 Å². The van der Waals surface area contributed by atoms with Gasteiger partial charge >= 0.3 is 0 Å². The van der Waals surface area contributed by atoms with Gasteiger partial charge in [0.1, 0.15) is 11.5 Å². The zero-order chi connectivity index (χ0) is 20.4. The van der Waals surface area contributed by atoms with Crippen LogP contribution in [0, 0.1) is 5.82 Å². The Morgan fingerprint density at radius 2 is 1.62 bits per heavy atom. The van der Waals surface area contributed by atoms with E-state index >= 15 is 0 Å². The van der Waals surface area contributed by atoms with Gasteiger partial charge < -0.3 is 9.80 Å². The zero-order valence-electron chi connectivity index (χ0n) is 16.1. The van der Waals surface area contributed by atoms with Gasteiger partial charge in [0.25, 0.3) is 5.91 Å². The second kappa shape index (κ2) is 7.87. The second-order valence-electron chi connectivity index (χ2n) is 7.06. The zero-order valence-corrected chi connectivity index (χ0v) is 16.1. The molecule has 1 aliphatic rings. The summed E-state index contributed by atoms with van der Waals surface area (Å²) in [5.74, 6) is -0.363. The second-order valence-corrected chi connectivity index (χ2v) is 7.06. The van der Waals surface area contributed by atoms with Gasteiger partial charge in [0.05, 0.1) is 5.69 Å². The first-order valence-electron chi connectivity index (χ1n) is 9.48. The van der Waals surface area contributed by atoms with Crippen LogP contribution in [0.25, 0.3) is 11.3 Å². The van der Waals surface area contributed by atoms with Gasteiger partial charge in [-0.1, -0.05) is 0 Å². The van der Waals surface area contributed by atoms with Crippen molar-refractivity contribution in [3.05, 3.63) is 71.7 Å². The number of nitrogens with one attached hydrogen (secondary N) is 1. The van der Waals surface area contributed by atoms with E-state index in [2.05, 4.69) is 15.1 Å². The summed E-state index contributed by atoms with van der Waals surface area (Å²) >= 11 is 0. The van der Waals surface area contributed by atoms with Crippen LogP contribution in [0.15, 0.2) is 54.6 Å². The Labute approximate surface area is 167 Å². The lowest BCUT2D eigenvalue weighted by Gasteiger charge is -2.36. The molecule has 0 saturated carbocycles. The Bertz CT molecular complexity index is 1020. The van der Waals surface area contributed by atoms with Crippen molar-refractivity contribution < 1.29 is 14.0 Å². The summed E-state index contributed by atoms with van der Waals surface area (Å²) in [7, 11) is 0. The first-order chi connectivity index (χ1) is 14.0. The van der Waals surface area contributed by atoms with Crippen molar-refractivity contribution in [2.75, 3.05) is 31.1 Å². The normalized spacial score (nSPS) is 14.1. The maximum Gasteiger partial charge on any atom is 0.272 e. The first kappa shape index (κ1) is 18.9. The molecule has 29 heavy (non-hydrogen) atoms. The number of benzene rings is 2. The van der Waals surface area contributed by atoms with Gasteiger partial charge in [0, 0.05) is 43.0 Å². The van der Waals surface area contributed by atoms with Crippen LogP contribution < -0.4 is 4.90 Å². The molecule has 0 aliphatic carbocycles. The third-order valence-electron chi connectivity index (χ3n) is 5.15. The van der Waals surface area contributed by atoms with Crippen molar-refractivity contribution in [3.8, 4) is 11.3 Å². The average molecular weight is 392 g/mol. The third kappa shape index (κ3) is 4.03. The number of carbonyl (C=O) groups excluding carboxylic acids is 2. The Kier molecular flexibility index (Phi) is 5.12. The highest BCUT2D eigenvalue weighted by atomic mass is 19.1. The van der Waals surface area contributed by atoms with Gasteiger partial charge in [-0.05, 0) is 61.5 Å². The number of halogens is 1. The minimum atomic E-state index is -0.311. The fourth-order valence-electron chi connectivity index (χ4n) is 3.44. The molecule has 3 aromatic rings. The number of amides is 1. The molecular formula is C22H21FN4O2. The summed E-state index contributed by atoms with van der Waals surface area (Å²) in [6.45, 7) is 4.17. The van der Waals surface area contributed by atoms with Gasteiger partial charge in [0.15, 0.2) is 5.78 Å². The molecule has 0 radical (unpaired) electrons. The molecule has 0 bridgehead atoms. The van der Waals surface area contributed by atoms with Gasteiger partial charge in [-0.3, -0.25) is 14.7 Å². The number of carbonyl (C=O) groups is 2. The summed E-state index contributed by atoms with van der Waals surface area (Å²) in [6, 6.07) is 15.2. The lowest BCUT2D eigenvalue weighted by Crippen LogP contribution is -2.48. The predicted octanol–water partition coefficient (Wildman–Crippen LogP) is 3.38. The maximum absolute atomic E-state index is 13.1. The number of piperazine rings is 1. The molecule has 2 heterocycles. The summed E-state index contributed by atoms with van der Waals surface area (Å²) < 4.78 is 13.1. The van der Waals surface area contributed by atoms with Crippen molar-refractivity contribution >= 4 is 17.4 Å². The molecule has 1 fully saturated rings. The molecule has 2 aromatic carbocycles. The standard InChI is InChI=1S/C22H21FN4O2/c1-15(28)16-4-8-19(9-5-16)26-10-12-27(13-11-26)22(29)21-14-20(24-25-21)17-2-6-18(23)7-3-17/h2-9,14H,10-13H2,1H3,(H,24,25). The number of Topliss-reactive ketones (excluding diaryl/α,β-unsaturated/α-hetero) is 1. The Morgan fingerprint density at radius 3 is 2.24 bits per heavy atom. The van der Waals surface area contributed by atoms with Crippen molar-refractivity contribution in [3.63, 3.8) is 0 Å². The Hall–Kier alpha value is -3.48. The van der Waals surface area contributed by atoms with Gasteiger partial charge in [-0.25, -0.2) is 4.39 Å². The summed E-state index contributed by atoms with van der Waals surface area (Å²) in [5.41, 5.74) is 3.52. The summed E-state index contributed by atoms with van der Waals surface area (Å²) in [4.78, 5) is 28.2. The Morgan fingerprint density at radius 1 is 0.966 bits per heavy atom. The van der Waals surface area contributed by atoms with Crippen LogP contribution >= 0.6 is 0 Å². The minimum Gasteiger partial charge on any atom is -0.368 e. The maximum atomic E-state index is 13.1. The van der Waals surface area contributed by atoms with E-state index in [0.29, 0.717) is 43.1 Å². The number of anilines is 1. The smallest absolute Gasteiger partial charge is 0.272 e. The van der Waals surface area contributed by atoms with E-state index in [9.17, 15) is 14.0 Å². The van der Waals surface area contributed by atoms with Gasteiger partial charge in [-0.15, -0.1) is 0 Å². The first-order valence-corrected chi connectivity index (χ1v) is 9.48. The van der Waals surface area contributed by atoms with Crippen LogP contribution in [-0.2, 0) is 0 Å². The molecule has 4 rings (SSSR count). The SMILES string of the molecule is CC(=O)c1ccc(N2CCN(C(=O)c3cc(-c4ccc(F)cc4)n[nH]3)CC2)cc1. The lowest BCUT2D eigenvalue weighted by atomic mass is 10.1. The van der Waals surface area contributed by atoms with Crippen LogP contribution in [0.5, 0.6) is 0 Å². The summed E-state index contributed by atoms with van der Waals surface area (Å²) in [6.07, 6.45) is 0. The van der Waals surface area contributed by atoms with Crippen molar-refractivity contribution in [1.29, 1.82) is 0 Å². The highest BCUT2D eigenvalue weighted by Gasteiger charge is 2.24. The summed E-state index contributed by atoms with van der Waals surface area (Å²) in [5, 5.41) is 6.98. The molecule has 1 N–H and O–H groups in total. The van der Waals surface area contributed by atoms with Crippen molar-refractivity contribution in [2.45, 2.75) is 6.92 Å². The molecule has 1 aromatic heterocycles. The molecule has 6 nitrogen and oxygen atoms in total. The minimum absolute atomic E-state index is 0.0477. The van der Waals surface area contributed by atoms with Crippen LogP contribution in [0.4, 0.5) is 10.1 Å². The molecule has 0 unspecified atom stereocenters. The topological polar surface area (TPSA) is 69.3 Å². The van der Waals surface area contributed by atoms with Gasteiger partial charge in [-0.2, -0.15) is 5.10 Å². The third-order valence-corrected chi connectivity index (χ3v) is 5.15. The number of nitrogens with zero attached hydrogens (tertiary/aromatic N) is 3. The largest absolute Gasteiger partial charge is 0.368 e. The van der Waals surface area contributed by atoms with E-state index in [-0.39, 0.29) is 17.5 Å². The van der Waals surface area contributed by atoms with E-state index in [1.54, 1.807) is 30.0 Å². The van der Waals surface area contributed by atoms with Crippen LogP contribution in [0.3, 0.4) is 0 Å². The van der Waals surface area contributed by atoms with E-state index in [4.69, 9.17) is 0 Å². The number of hydrogen-bond acceptors (Lipinski definition) is 4. The molecule has 0 spiro atoms. The highest BCUT2D eigenvalue weighted by Crippen LogP contribution is 2.21. The highest BCUT2D eigenvalue weighted by molar-refractivity contribution is 5.94. The molecule has 1 aliphatic heterocycles. The number of aromatic nitrogens is 2. The molecule has 148 valence electrons. The molecule has 1 saturated heterocycles. The van der Waals surface area contributed by atoms with Crippen LogP contribution in [0.1, 0.15) is 27.8 Å². The molecule has 7 heteroatoms. The number of aromatic amines is 1. The monoisotopic (exact) mass is 392 g/mol. The van der Waals surface area contributed by atoms with E-state index < -0.39 is 0 Å². The van der Waals surface area contributed by atoms with E-state index in [1.165, 1.54) is 12.1 Å². The van der Waals surface area contributed by atoms with E-state index in [1.807, 2.05) is 24.3 Å². The quantitative estimate of drug-likeness (QED) is 0.691. The number of H-pyrrole nitrogens is 1. The Balaban J connectivity index is 1.39. The molecule has 1 amide bonds. The van der Waals surface area contributed by atoms with Gasteiger partial charge in [0.2, 0.25) is 0 Å². The van der Waals surface area contributed by atoms with Crippen LogP contribution in [0.2, 0.25) is 0 Å². The lowest BCUT2D eigenvalue weighted by molar-refractivity contribution is 0.0740. The number of rotatable bonds is 4. The molecule has 0 atom stereocenters. The van der Waals surface area contributed by atoms with Crippen LogP contribution in [-0.4, -0.2) is 53.0 Å². The fraction of sp³-hybridized carbons (Fsp3) is 0.227. The predicted molar refractivity (Wildman–Crippen MR) is 109 cm³/mol. The fourth-order valence-corrected chi connectivity index (χ4v) is 3.44. The number of ketones is 1. The average Bonchev–Trinajstić information content (AvgIpc) is 3.24. The van der Waals surface area contributed by atoms with Crippen molar-refractivity contribution in [2.24, 2.45) is 0 Å².